The molecule has 2 aliphatic heterocycles. The fraction of sp³-hybridized carbons (Fsp3) is 0.435. The van der Waals surface area contributed by atoms with Crippen molar-refractivity contribution < 1.29 is 19.3 Å². The summed E-state index contributed by atoms with van der Waals surface area (Å²) >= 11 is 0. The molecule has 1 N–H and O–H groups in total. The zero-order valence-electron chi connectivity index (χ0n) is 17.5. The maximum absolute atomic E-state index is 12.6. The lowest BCUT2D eigenvalue weighted by molar-refractivity contribution is -0.917. The van der Waals surface area contributed by atoms with Crippen LogP contribution < -0.4 is 4.90 Å². The highest BCUT2D eigenvalue weighted by Crippen LogP contribution is 2.17. The van der Waals surface area contributed by atoms with Crippen LogP contribution in [0.5, 0.6) is 0 Å². The van der Waals surface area contributed by atoms with Crippen LogP contribution in [0, 0.1) is 0 Å². The van der Waals surface area contributed by atoms with Crippen molar-refractivity contribution in [1.29, 1.82) is 0 Å². The molecule has 0 unspecified atom stereocenters. The summed E-state index contributed by atoms with van der Waals surface area (Å²) in [5.74, 6) is -0.0627. The molecule has 0 bridgehead atoms. The minimum Gasteiger partial charge on any atom is -0.331 e. The van der Waals surface area contributed by atoms with Crippen molar-refractivity contribution >= 4 is 28.6 Å². The quantitative estimate of drug-likeness (QED) is 0.716. The normalized spacial score (nSPS) is 18.0. The molecule has 2 aliphatic rings. The lowest BCUT2D eigenvalue weighted by Crippen LogP contribution is -3.13. The minimum atomic E-state index is -0.266. The van der Waals surface area contributed by atoms with E-state index >= 15 is 0 Å². The summed E-state index contributed by atoms with van der Waals surface area (Å²) < 4.78 is 0. The van der Waals surface area contributed by atoms with Gasteiger partial charge in [0.2, 0.25) is 11.8 Å². The Morgan fingerprint density at radius 2 is 1.77 bits per heavy atom. The van der Waals surface area contributed by atoms with E-state index in [1.165, 1.54) is 31.0 Å². The van der Waals surface area contributed by atoms with Crippen LogP contribution in [0.3, 0.4) is 0 Å². The zero-order valence-corrected chi connectivity index (χ0v) is 17.5. The average Bonchev–Trinajstić information content (AvgIpc) is 3.00. The van der Waals surface area contributed by atoms with E-state index in [1.54, 1.807) is 7.05 Å². The van der Waals surface area contributed by atoms with Gasteiger partial charge < -0.3 is 14.7 Å². The van der Waals surface area contributed by atoms with Crippen LogP contribution in [0.1, 0.15) is 18.4 Å². The van der Waals surface area contributed by atoms with Gasteiger partial charge in [0.05, 0.1) is 26.2 Å². The molecule has 0 aliphatic carbocycles. The SMILES string of the molecule is CN1CC(=O)N(CCCC(=O)N2CC[NH+](Cc3cccc4ccccc34)CC2)C1=O. The molecule has 2 fully saturated rings. The summed E-state index contributed by atoms with van der Waals surface area (Å²) in [5, 5.41) is 2.58. The van der Waals surface area contributed by atoms with Crippen molar-refractivity contribution in [3.63, 3.8) is 0 Å². The maximum Gasteiger partial charge on any atom is 0.326 e. The van der Waals surface area contributed by atoms with E-state index in [0.717, 1.165) is 32.7 Å². The first-order valence-electron chi connectivity index (χ1n) is 10.7. The van der Waals surface area contributed by atoms with Crippen LogP contribution in [0.4, 0.5) is 4.79 Å². The van der Waals surface area contributed by atoms with Crippen molar-refractivity contribution in [3.8, 4) is 0 Å². The first kappa shape index (κ1) is 20.3. The van der Waals surface area contributed by atoms with E-state index < -0.39 is 0 Å². The van der Waals surface area contributed by atoms with Gasteiger partial charge in [-0.05, 0) is 17.2 Å². The predicted octanol–water partition coefficient (Wildman–Crippen LogP) is 0.741. The summed E-state index contributed by atoms with van der Waals surface area (Å²) in [7, 11) is 1.62. The average molecular weight is 410 g/mol. The number of amides is 4. The van der Waals surface area contributed by atoms with Crippen LogP contribution in [-0.2, 0) is 16.1 Å². The Balaban J connectivity index is 1.24. The summed E-state index contributed by atoms with van der Waals surface area (Å²) in [6, 6.07) is 14.7. The van der Waals surface area contributed by atoms with Gasteiger partial charge in [-0.15, -0.1) is 0 Å². The number of likely N-dealkylation sites (N-methyl/N-ethyl adjacent to an activating group) is 1. The standard InChI is InChI=1S/C23H28N4O3/c1-24-17-22(29)27(23(24)30)11-5-10-21(28)26-14-12-25(13-15-26)16-19-8-4-7-18-6-2-3-9-20(18)19/h2-4,6-9H,5,10-17H2,1H3/p+1. The maximum atomic E-state index is 12.6. The highest BCUT2D eigenvalue weighted by molar-refractivity contribution is 6.01. The van der Waals surface area contributed by atoms with Gasteiger partial charge in [0.1, 0.15) is 13.1 Å². The van der Waals surface area contributed by atoms with Crippen LogP contribution >= 0.6 is 0 Å². The highest BCUT2D eigenvalue weighted by Gasteiger charge is 2.33. The van der Waals surface area contributed by atoms with Crippen molar-refractivity contribution in [1.82, 2.24) is 14.7 Å². The number of benzene rings is 2. The molecule has 0 spiro atoms. The van der Waals surface area contributed by atoms with Gasteiger partial charge >= 0.3 is 6.03 Å². The summed E-state index contributed by atoms with van der Waals surface area (Å²) in [6.07, 6.45) is 0.895. The molecule has 7 heteroatoms. The second-order valence-corrected chi connectivity index (χ2v) is 8.23. The van der Waals surface area contributed by atoms with Gasteiger partial charge in [-0.2, -0.15) is 0 Å². The Morgan fingerprint density at radius 1 is 1.03 bits per heavy atom. The molecule has 7 nitrogen and oxygen atoms in total. The van der Waals surface area contributed by atoms with Crippen LogP contribution in [-0.4, -0.2) is 78.9 Å². The van der Waals surface area contributed by atoms with Gasteiger partial charge in [0.25, 0.3) is 0 Å². The first-order chi connectivity index (χ1) is 14.5. The Labute approximate surface area is 176 Å². The number of imide groups is 1. The Hall–Kier alpha value is -2.93. The van der Waals surface area contributed by atoms with E-state index in [9.17, 15) is 14.4 Å². The third-order valence-electron chi connectivity index (χ3n) is 6.15. The summed E-state index contributed by atoms with van der Waals surface area (Å²) in [4.78, 5) is 42.3. The number of quaternary nitrogens is 1. The van der Waals surface area contributed by atoms with E-state index in [1.807, 2.05) is 4.90 Å². The second kappa shape index (κ2) is 8.83. The molecule has 2 aromatic rings. The number of carbonyl (C=O) groups excluding carboxylic acids is 3. The van der Waals surface area contributed by atoms with Crippen molar-refractivity contribution in [2.45, 2.75) is 19.4 Å². The molecule has 2 saturated heterocycles. The molecule has 0 atom stereocenters. The van der Waals surface area contributed by atoms with Crippen molar-refractivity contribution in [3.05, 3.63) is 48.0 Å². The van der Waals surface area contributed by atoms with Crippen LogP contribution in [0.25, 0.3) is 10.8 Å². The van der Waals surface area contributed by atoms with E-state index in [2.05, 4.69) is 42.5 Å². The molecule has 4 amide bonds. The van der Waals surface area contributed by atoms with Gasteiger partial charge in [0.15, 0.2) is 0 Å². The van der Waals surface area contributed by atoms with Gasteiger partial charge in [0, 0.05) is 25.6 Å². The minimum absolute atomic E-state index is 0.117. The first-order valence-corrected chi connectivity index (χ1v) is 10.7. The molecule has 2 aromatic carbocycles. The van der Waals surface area contributed by atoms with Gasteiger partial charge in [-0.1, -0.05) is 42.5 Å². The predicted molar refractivity (Wildman–Crippen MR) is 114 cm³/mol. The highest BCUT2D eigenvalue weighted by atomic mass is 16.2. The van der Waals surface area contributed by atoms with Gasteiger partial charge in [-0.3, -0.25) is 14.5 Å². The van der Waals surface area contributed by atoms with E-state index in [0.29, 0.717) is 19.4 Å². The van der Waals surface area contributed by atoms with Crippen LogP contribution in [0.2, 0.25) is 0 Å². The number of piperazine rings is 1. The fourth-order valence-electron chi connectivity index (χ4n) is 4.40. The second-order valence-electron chi connectivity index (χ2n) is 8.23. The van der Waals surface area contributed by atoms with Crippen molar-refractivity contribution in [2.24, 2.45) is 0 Å². The Bertz CT molecular complexity index is 947. The topological polar surface area (TPSA) is 65.4 Å². The van der Waals surface area contributed by atoms with E-state index in [4.69, 9.17) is 0 Å². The molecule has 4 rings (SSSR count). The molecule has 2 heterocycles. The Kier molecular flexibility index (Phi) is 5.99. The lowest BCUT2D eigenvalue weighted by atomic mass is 10.0. The lowest BCUT2D eigenvalue weighted by Gasteiger charge is -2.32. The third kappa shape index (κ3) is 4.31. The fourth-order valence-corrected chi connectivity index (χ4v) is 4.40. The van der Waals surface area contributed by atoms with Gasteiger partial charge in [-0.25, -0.2) is 4.79 Å². The summed E-state index contributed by atoms with van der Waals surface area (Å²) in [5.41, 5.74) is 1.35. The zero-order chi connectivity index (χ0) is 21.1. The molecule has 0 radical (unpaired) electrons. The Morgan fingerprint density at radius 3 is 2.50 bits per heavy atom. The third-order valence-corrected chi connectivity index (χ3v) is 6.15. The van der Waals surface area contributed by atoms with E-state index in [-0.39, 0.29) is 24.4 Å². The molecule has 0 aromatic heterocycles. The number of hydrogen-bond acceptors (Lipinski definition) is 3. The molecule has 30 heavy (non-hydrogen) atoms. The molecular formula is C23H29N4O3+. The number of fused-ring (bicyclic) bond motifs is 1. The molecule has 0 saturated carbocycles. The smallest absolute Gasteiger partial charge is 0.326 e. The monoisotopic (exact) mass is 409 g/mol. The summed E-state index contributed by atoms with van der Waals surface area (Å²) in [6.45, 7) is 4.79. The van der Waals surface area contributed by atoms with Crippen molar-refractivity contribution in [2.75, 3.05) is 46.3 Å². The van der Waals surface area contributed by atoms with Crippen LogP contribution in [0.15, 0.2) is 42.5 Å². The number of nitrogens with one attached hydrogen (secondary N) is 1. The molecule has 158 valence electrons. The number of urea groups is 1. The number of hydrogen-bond donors (Lipinski definition) is 1. The number of carbonyl (C=O) groups is 3. The molecular weight excluding hydrogens is 380 g/mol. The largest absolute Gasteiger partial charge is 0.331 e. The number of nitrogens with zero attached hydrogens (tertiary/aromatic N) is 3. The number of rotatable bonds is 6.